The minimum Gasteiger partial charge on any atom is -0.325 e. The summed E-state index contributed by atoms with van der Waals surface area (Å²) in [5, 5.41) is 9.11. The van der Waals surface area contributed by atoms with Crippen LogP contribution in [0.15, 0.2) is 29.1 Å². The fourth-order valence-electron chi connectivity index (χ4n) is 1.94. The third kappa shape index (κ3) is 2.05. The van der Waals surface area contributed by atoms with E-state index in [1.807, 2.05) is 51.1 Å². The molecule has 0 bridgehead atoms. The molecule has 0 aliphatic carbocycles. The average Bonchev–Trinajstić information content (AvgIpc) is 2.32. The molecule has 0 aliphatic heterocycles. The highest BCUT2D eigenvalue weighted by Gasteiger charge is 2.10. The molecule has 2 aromatic rings. The van der Waals surface area contributed by atoms with Crippen LogP contribution in [0.25, 0.3) is 11.1 Å². The summed E-state index contributed by atoms with van der Waals surface area (Å²) >= 11 is 0. The van der Waals surface area contributed by atoms with Crippen molar-refractivity contribution >= 4 is 0 Å². The fraction of sp³-hybridized carbons (Fsp3) is 0.200. The molecular formula is C15H14N2O. The normalized spacial score (nSPS) is 10.1. The number of aromatic nitrogens is 1. The van der Waals surface area contributed by atoms with Crippen LogP contribution in [0.2, 0.25) is 0 Å². The van der Waals surface area contributed by atoms with E-state index in [0.717, 1.165) is 16.8 Å². The Kier molecular flexibility index (Phi) is 3.03. The zero-order valence-electron chi connectivity index (χ0n) is 10.7. The van der Waals surface area contributed by atoms with Crippen molar-refractivity contribution in [1.82, 2.24) is 4.98 Å². The number of hydrogen-bond acceptors (Lipinski definition) is 2. The first kappa shape index (κ1) is 12.1. The Labute approximate surface area is 106 Å². The van der Waals surface area contributed by atoms with Gasteiger partial charge in [-0.05, 0) is 43.5 Å². The SMILES string of the molecule is Cc1cc(-c2ccc(C)c(C)c2)c(C#N)c(=O)[nH]1. The maximum Gasteiger partial charge on any atom is 0.266 e. The Balaban J connectivity index is 2.75. The van der Waals surface area contributed by atoms with Crippen molar-refractivity contribution in [2.24, 2.45) is 0 Å². The quantitative estimate of drug-likeness (QED) is 0.830. The van der Waals surface area contributed by atoms with E-state index in [9.17, 15) is 4.79 Å². The largest absolute Gasteiger partial charge is 0.325 e. The Morgan fingerprint density at radius 1 is 1.11 bits per heavy atom. The van der Waals surface area contributed by atoms with Gasteiger partial charge in [-0.3, -0.25) is 4.79 Å². The molecule has 0 fully saturated rings. The zero-order valence-corrected chi connectivity index (χ0v) is 10.7. The molecule has 1 aromatic carbocycles. The number of H-pyrrole nitrogens is 1. The summed E-state index contributed by atoms with van der Waals surface area (Å²) in [5.74, 6) is 0. The molecule has 3 nitrogen and oxygen atoms in total. The summed E-state index contributed by atoms with van der Waals surface area (Å²) in [6, 6.07) is 9.77. The van der Waals surface area contributed by atoms with Gasteiger partial charge >= 0.3 is 0 Å². The molecule has 3 heteroatoms. The predicted octanol–water partition coefficient (Wildman–Crippen LogP) is 2.84. The van der Waals surface area contributed by atoms with E-state index >= 15 is 0 Å². The maximum absolute atomic E-state index is 11.7. The van der Waals surface area contributed by atoms with Gasteiger partial charge in [-0.15, -0.1) is 0 Å². The molecule has 0 unspecified atom stereocenters. The van der Waals surface area contributed by atoms with Gasteiger partial charge in [0.15, 0.2) is 0 Å². The molecule has 90 valence electrons. The van der Waals surface area contributed by atoms with Crippen LogP contribution in [-0.2, 0) is 0 Å². The van der Waals surface area contributed by atoms with Crippen LogP contribution in [0.3, 0.4) is 0 Å². The molecule has 0 spiro atoms. The van der Waals surface area contributed by atoms with Crippen LogP contribution in [0.5, 0.6) is 0 Å². The van der Waals surface area contributed by atoms with E-state index in [-0.39, 0.29) is 11.1 Å². The predicted molar refractivity (Wildman–Crippen MR) is 71.4 cm³/mol. The molecule has 0 saturated heterocycles. The number of aromatic amines is 1. The Morgan fingerprint density at radius 3 is 2.44 bits per heavy atom. The molecule has 1 heterocycles. The molecule has 0 aliphatic rings. The maximum atomic E-state index is 11.7. The summed E-state index contributed by atoms with van der Waals surface area (Å²) in [5.41, 5.74) is 4.54. The number of nitrogens with one attached hydrogen (secondary N) is 1. The van der Waals surface area contributed by atoms with Gasteiger partial charge in [-0.2, -0.15) is 5.26 Å². The highest BCUT2D eigenvalue weighted by molar-refractivity contribution is 5.71. The highest BCUT2D eigenvalue weighted by Crippen LogP contribution is 2.24. The van der Waals surface area contributed by atoms with Crippen molar-refractivity contribution < 1.29 is 0 Å². The van der Waals surface area contributed by atoms with Crippen molar-refractivity contribution in [3.05, 3.63) is 57.0 Å². The number of nitrogens with zero attached hydrogens (tertiary/aromatic N) is 1. The molecule has 1 aromatic heterocycles. The first-order valence-electron chi connectivity index (χ1n) is 5.74. The lowest BCUT2D eigenvalue weighted by Crippen LogP contribution is -2.12. The van der Waals surface area contributed by atoms with Crippen molar-refractivity contribution in [2.45, 2.75) is 20.8 Å². The van der Waals surface area contributed by atoms with E-state index < -0.39 is 0 Å². The van der Waals surface area contributed by atoms with E-state index in [1.165, 1.54) is 5.56 Å². The third-order valence-corrected chi connectivity index (χ3v) is 3.10. The molecule has 0 amide bonds. The summed E-state index contributed by atoms with van der Waals surface area (Å²) < 4.78 is 0. The average molecular weight is 238 g/mol. The molecular weight excluding hydrogens is 224 g/mol. The lowest BCUT2D eigenvalue weighted by Gasteiger charge is -2.08. The summed E-state index contributed by atoms with van der Waals surface area (Å²) in [7, 11) is 0. The highest BCUT2D eigenvalue weighted by atomic mass is 16.1. The lowest BCUT2D eigenvalue weighted by atomic mass is 9.97. The minimum absolute atomic E-state index is 0.170. The molecule has 18 heavy (non-hydrogen) atoms. The number of hydrogen-bond donors (Lipinski definition) is 1. The van der Waals surface area contributed by atoms with Crippen LogP contribution in [0.1, 0.15) is 22.4 Å². The van der Waals surface area contributed by atoms with Gasteiger partial charge in [0.2, 0.25) is 0 Å². The molecule has 2 rings (SSSR count). The number of aryl methyl sites for hydroxylation is 3. The molecule has 0 radical (unpaired) electrons. The fourth-order valence-corrected chi connectivity index (χ4v) is 1.94. The second kappa shape index (κ2) is 4.50. The van der Waals surface area contributed by atoms with Gasteiger partial charge < -0.3 is 4.98 Å². The third-order valence-electron chi connectivity index (χ3n) is 3.10. The van der Waals surface area contributed by atoms with Crippen molar-refractivity contribution in [1.29, 1.82) is 5.26 Å². The van der Waals surface area contributed by atoms with Crippen LogP contribution in [0.4, 0.5) is 0 Å². The van der Waals surface area contributed by atoms with Gasteiger partial charge in [0.25, 0.3) is 5.56 Å². The summed E-state index contributed by atoms with van der Waals surface area (Å²) in [4.78, 5) is 14.4. The van der Waals surface area contributed by atoms with E-state index in [0.29, 0.717) is 5.56 Å². The summed E-state index contributed by atoms with van der Waals surface area (Å²) in [6.07, 6.45) is 0. The van der Waals surface area contributed by atoms with Gasteiger partial charge in [-0.1, -0.05) is 18.2 Å². The number of pyridine rings is 1. The van der Waals surface area contributed by atoms with Crippen LogP contribution in [-0.4, -0.2) is 4.98 Å². The Morgan fingerprint density at radius 2 is 1.83 bits per heavy atom. The molecule has 0 atom stereocenters. The van der Waals surface area contributed by atoms with Gasteiger partial charge in [0, 0.05) is 11.3 Å². The molecule has 1 N–H and O–H groups in total. The van der Waals surface area contributed by atoms with Crippen LogP contribution >= 0.6 is 0 Å². The van der Waals surface area contributed by atoms with Crippen molar-refractivity contribution in [2.75, 3.05) is 0 Å². The molecule has 0 saturated carbocycles. The van der Waals surface area contributed by atoms with E-state index in [2.05, 4.69) is 4.98 Å². The smallest absolute Gasteiger partial charge is 0.266 e. The second-order valence-corrected chi connectivity index (χ2v) is 4.48. The van der Waals surface area contributed by atoms with E-state index in [4.69, 9.17) is 5.26 Å². The van der Waals surface area contributed by atoms with E-state index in [1.54, 1.807) is 0 Å². The summed E-state index contributed by atoms with van der Waals surface area (Å²) in [6.45, 7) is 5.87. The standard InChI is InChI=1S/C15H14N2O/c1-9-4-5-12(6-10(9)2)13-7-11(3)17-15(18)14(13)8-16/h4-7H,1-3H3,(H,17,18). The monoisotopic (exact) mass is 238 g/mol. The second-order valence-electron chi connectivity index (χ2n) is 4.48. The lowest BCUT2D eigenvalue weighted by molar-refractivity contribution is 1.13. The first-order valence-corrected chi connectivity index (χ1v) is 5.74. The van der Waals surface area contributed by atoms with Gasteiger partial charge in [-0.25, -0.2) is 0 Å². The van der Waals surface area contributed by atoms with Gasteiger partial charge in [0.05, 0.1) is 0 Å². The topological polar surface area (TPSA) is 56.6 Å². The Bertz CT molecular complexity index is 705. The van der Waals surface area contributed by atoms with Gasteiger partial charge in [0.1, 0.15) is 11.6 Å². The number of rotatable bonds is 1. The first-order chi connectivity index (χ1) is 8.52. The van der Waals surface area contributed by atoms with Crippen molar-refractivity contribution in [3.63, 3.8) is 0 Å². The Hall–Kier alpha value is -2.34. The van der Waals surface area contributed by atoms with Crippen LogP contribution < -0.4 is 5.56 Å². The number of benzene rings is 1. The van der Waals surface area contributed by atoms with Crippen molar-refractivity contribution in [3.8, 4) is 17.2 Å². The van der Waals surface area contributed by atoms with Crippen LogP contribution in [0, 0.1) is 32.1 Å². The minimum atomic E-state index is -0.328. The zero-order chi connectivity index (χ0) is 13.3. The number of nitriles is 1.